The van der Waals surface area contributed by atoms with E-state index in [2.05, 4.69) is 275 Å². The van der Waals surface area contributed by atoms with E-state index in [4.69, 9.17) is 0 Å². The van der Waals surface area contributed by atoms with Crippen molar-refractivity contribution in [3.05, 3.63) is 283 Å². The van der Waals surface area contributed by atoms with Crippen molar-refractivity contribution in [3.8, 4) is 27.9 Å². The van der Waals surface area contributed by atoms with E-state index in [0.29, 0.717) is 0 Å². The quantitative estimate of drug-likeness (QED) is 0.158. The molecule has 0 amide bonds. The molecule has 68 heavy (non-hydrogen) atoms. The highest BCUT2D eigenvalue weighted by Gasteiger charge is 2.53. The molecule has 2 aliphatic carbocycles. The Bertz CT molecular complexity index is 3870. The van der Waals surface area contributed by atoms with Crippen LogP contribution in [-0.4, -0.2) is 4.57 Å². The van der Waals surface area contributed by atoms with E-state index >= 15 is 0 Å². The summed E-state index contributed by atoms with van der Waals surface area (Å²) in [4.78, 5) is 4.96. The first kappa shape index (κ1) is 38.4. The van der Waals surface area contributed by atoms with Gasteiger partial charge in [0.25, 0.3) is 0 Å². The highest BCUT2D eigenvalue weighted by atomic mass is 15.2. The van der Waals surface area contributed by atoms with Crippen molar-refractivity contribution in [2.75, 3.05) is 9.80 Å². The van der Waals surface area contributed by atoms with Crippen LogP contribution >= 0.6 is 0 Å². The minimum atomic E-state index is -0.639. The predicted molar refractivity (Wildman–Crippen MR) is 284 cm³/mol. The summed E-state index contributed by atoms with van der Waals surface area (Å²) < 4.78 is 2.42. The fourth-order valence-electron chi connectivity index (χ4n) is 11.9. The average molecular weight is 866 g/mol. The molecule has 0 N–H and O–H groups in total. The van der Waals surface area contributed by atoms with Crippen LogP contribution in [0.3, 0.4) is 0 Å². The number of para-hydroxylation sites is 4. The molecule has 0 radical (unpaired) electrons. The summed E-state index contributed by atoms with van der Waals surface area (Å²) in [5, 5.41) is 4.85. The normalized spacial score (nSPS) is 14.2. The maximum Gasteiger partial charge on any atom is 0.0746 e. The molecule has 0 aliphatic heterocycles. The minimum absolute atomic E-state index is 0.639. The molecule has 14 rings (SSSR count). The van der Waals surface area contributed by atoms with Gasteiger partial charge in [-0.2, -0.15) is 0 Å². The molecule has 0 saturated heterocycles. The molecule has 1 heterocycles. The van der Waals surface area contributed by atoms with Crippen LogP contribution in [0.1, 0.15) is 22.3 Å². The first-order valence-electron chi connectivity index (χ1n) is 23.5. The molecule has 12 aromatic rings. The maximum absolute atomic E-state index is 2.52. The highest BCUT2D eigenvalue weighted by Crippen LogP contribution is 2.66. The Morgan fingerprint density at radius 3 is 1.54 bits per heavy atom. The van der Waals surface area contributed by atoms with Gasteiger partial charge in [-0.1, -0.05) is 182 Å². The van der Waals surface area contributed by atoms with Crippen molar-refractivity contribution in [2.24, 2.45) is 0 Å². The second-order valence-corrected chi connectivity index (χ2v) is 18.0. The number of rotatable bonds is 7. The molecular weight excluding hydrogens is 823 g/mol. The standard InChI is InChI=1S/C65H43N3/c1-4-22-45(23-5-1)66(46-24-6-2-7-25-46)62-37-19-32-56-52-30-13-16-34-58(52)65(64(56)62)57-33-15-12-29-51(57)53-40-38-48(42-59(53)65)67(60-36-18-21-44-20-10-11-28-50(44)60)49-39-41-55-54-31-14-17-35-61(54)68(63(55)43-49)47-26-8-3-9-27-47/h1-43H. The van der Waals surface area contributed by atoms with Gasteiger partial charge in [0.05, 0.1) is 27.8 Å². The van der Waals surface area contributed by atoms with Gasteiger partial charge in [0.2, 0.25) is 0 Å². The number of fused-ring (bicyclic) bond motifs is 14. The van der Waals surface area contributed by atoms with Crippen LogP contribution in [0.5, 0.6) is 0 Å². The number of anilines is 6. The Morgan fingerprint density at radius 2 is 0.794 bits per heavy atom. The fourth-order valence-corrected chi connectivity index (χ4v) is 11.9. The average Bonchev–Trinajstić information content (AvgIpc) is 4.01. The summed E-state index contributed by atoms with van der Waals surface area (Å²) in [5.41, 5.74) is 19.8. The molecule has 11 aromatic carbocycles. The van der Waals surface area contributed by atoms with Crippen LogP contribution < -0.4 is 9.80 Å². The topological polar surface area (TPSA) is 11.4 Å². The third kappa shape index (κ3) is 5.47. The molecule has 1 unspecified atom stereocenters. The van der Waals surface area contributed by atoms with Crippen LogP contribution in [-0.2, 0) is 5.41 Å². The van der Waals surface area contributed by atoms with Gasteiger partial charge in [0, 0.05) is 50.2 Å². The van der Waals surface area contributed by atoms with E-state index in [-0.39, 0.29) is 0 Å². The van der Waals surface area contributed by atoms with Gasteiger partial charge in [-0.05, 0) is 123 Å². The number of nitrogens with zero attached hydrogens (tertiary/aromatic N) is 3. The second-order valence-electron chi connectivity index (χ2n) is 18.0. The molecule has 0 fully saturated rings. The molecule has 3 nitrogen and oxygen atoms in total. The van der Waals surface area contributed by atoms with Crippen molar-refractivity contribution in [1.82, 2.24) is 4.57 Å². The van der Waals surface area contributed by atoms with Gasteiger partial charge in [-0.25, -0.2) is 0 Å². The van der Waals surface area contributed by atoms with Crippen LogP contribution in [0.4, 0.5) is 34.1 Å². The summed E-state index contributed by atoms with van der Waals surface area (Å²) in [5.74, 6) is 0. The van der Waals surface area contributed by atoms with Crippen LogP contribution in [0.25, 0.3) is 60.5 Å². The number of hydrogen-bond acceptors (Lipinski definition) is 2. The van der Waals surface area contributed by atoms with E-state index in [1.54, 1.807) is 0 Å². The first-order valence-corrected chi connectivity index (χ1v) is 23.5. The van der Waals surface area contributed by atoms with E-state index in [0.717, 1.165) is 45.3 Å². The van der Waals surface area contributed by atoms with Gasteiger partial charge >= 0.3 is 0 Å². The smallest absolute Gasteiger partial charge is 0.0746 e. The summed E-state index contributed by atoms with van der Waals surface area (Å²) in [7, 11) is 0. The van der Waals surface area contributed by atoms with E-state index in [1.165, 1.54) is 71.6 Å². The maximum atomic E-state index is 2.52. The largest absolute Gasteiger partial charge is 0.310 e. The lowest BCUT2D eigenvalue weighted by Gasteiger charge is -2.36. The van der Waals surface area contributed by atoms with E-state index in [1.807, 2.05) is 0 Å². The highest BCUT2D eigenvalue weighted by molar-refractivity contribution is 6.11. The predicted octanol–water partition coefficient (Wildman–Crippen LogP) is 17.2. The van der Waals surface area contributed by atoms with Crippen molar-refractivity contribution >= 4 is 66.7 Å². The van der Waals surface area contributed by atoms with Gasteiger partial charge in [0.15, 0.2) is 0 Å². The number of hydrogen-bond donors (Lipinski definition) is 0. The minimum Gasteiger partial charge on any atom is -0.310 e. The lowest BCUT2D eigenvalue weighted by atomic mass is 9.69. The molecule has 318 valence electrons. The summed E-state index contributed by atoms with van der Waals surface area (Å²) >= 11 is 0. The van der Waals surface area contributed by atoms with Crippen molar-refractivity contribution in [1.29, 1.82) is 0 Å². The van der Waals surface area contributed by atoms with Gasteiger partial charge < -0.3 is 14.4 Å². The molecule has 1 aromatic heterocycles. The van der Waals surface area contributed by atoms with Crippen LogP contribution in [0.15, 0.2) is 261 Å². The zero-order valence-electron chi connectivity index (χ0n) is 37.2. The zero-order valence-corrected chi connectivity index (χ0v) is 37.2. The molecular formula is C65H43N3. The summed E-state index contributed by atoms with van der Waals surface area (Å²) in [6.07, 6.45) is 0. The third-order valence-electron chi connectivity index (χ3n) is 14.5. The molecule has 2 aliphatic rings. The molecule has 3 heteroatoms. The Morgan fingerprint density at radius 1 is 0.294 bits per heavy atom. The summed E-state index contributed by atoms with van der Waals surface area (Å²) in [6.45, 7) is 0. The van der Waals surface area contributed by atoms with Crippen molar-refractivity contribution < 1.29 is 0 Å². The lowest BCUT2D eigenvalue weighted by molar-refractivity contribution is 0.793. The SMILES string of the molecule is c1ccc(N(c2ccccc2)c2cccc3c2C2(c4ccccc4-c4ccc(N(c5ccc6c7ccccc7n(-c7ccccc7)c6c5)c5cccc6ccccc56)cc42)c2ccccc2-3)cc1. The van der Waals surface area contributed by atoms with E-state index in [9.17, 15) is 0 Å². The molecule has 1 spiro atoms. The Balaban J connectivity index is 1.07. The zero-order chi connectivity index (χ0) is 44.8. The second kappa shape index (κ2) is 15.1. The Labute approximate surface area is 395 Å². The van der Waals surface area contributed by atoms with E-state index < -0.39 is 5.41 Å². The molecule has 0 saturated carbocycles. The van der Waals surface area contributed by atoms with Gasteiger partial charge in [0.1, 0.15) is 0 Å². The first-order chi connectivity index (χ1) is 33.8. The molecule has 1 atom stereocenters. The number of benzene rings is 11. The van der Waals surface area contributed by atoms with Crippen molar-refractivity contribution in [3.63, 3.8) is 0 Å². The number of aromatic nitrogens is 1. The Kier molecular flexibility index (Phi) is 8.50. The summed E-state index contributed by atoms with van der Waals surface area (Å²) in [6, 6.07) is 96.2. The van der Waals surface area contributed by atoms with Crippen LogP contribution in [0, 0.1) is 0 Å². The van der Waals surface area contributed by atoms with Gasteiger partial charge in [-0.3, -0.25) is 0 Å². The van der Waals surface area contributed by atoms with Crippen molar-refractivity contribution in [2.45, 2.75) is 5.41 Å². The monoisotopic (exact) mass is 865 g/mol. The van der Waals surface area contributed by atoms with Crippen LogP contribution in [0.2, 0.25) is 0 Å². The Hall–Kier alpha value is -8.92. The fraction of sp³-hybridized carbons (Fsp3) is 0.0154. The third-order valence-corrected chi connectivity index (χ3v) is 14.5. The lowest BCUT2D eigenvalue weighted by Crippen LogP contribution is -2.28. The molecule has 0 bridgehead atoms. The van der Waals surface area contributed by atoms with Gasteiger partial charge in [-0.15, -0.1) is 0 Å².